The van der Waals surface area contributed by atoms with E-state index in [0.29, 0.717) is 18.4 Å². The van der Waals surface area contributed by atoms with Crippen molar-refractivity contribution in [1.29, 1.82) is 0 Å². The van der Waals surface area contributed by atoms with E-state index >= 15 is 0 Å². The molecule has 0 spiro atoms. The number of hydrogen-bond acceptors (Lipinski definition) is 4. The number of nitrogens with zero attached hydrogens (tertiary/aromatic N) is 2. The van der Waals surface area contributed by atoms with Crippen molar-refractivity contribution in [1.82, 2.24) is 4.98 Å². The Balaban J connectivity index is 1.48. The van der Waals surface area contributed by atoms with Gasteiger partial charge in [-0.1, -0.05) is 74.5 Å². The molecule has 154 valence electrons. The summed E-state index contributed by atoms with van der Waals surface area (Å²) in [5.41, 5.74) is 3.07. The average molecular weight is 401 g/mol. The topological polar surface area (TPSA) is 58.6 Å². The standard InChI is InChI=1S/C26H28N2O2/c1-25(2)19-14-20(25)26(3,29)21(15-19)27-16-22-28-23(17-10-6-4-7-11-17)24(30-22)18-12-8-5-9-13-18/h4-13,19-20,29H,14-16H2,1-3H3/t19-,20-,26-/m0/s1. The first-order chi connectivity index (χ1) is 14.4. The van der Waals surface area contributed by atoms with Gasteiger partial charge in [0.15, 0.2) is 5.76 Å². The highest BCUT2D eigenvalue weighted by Gasteiger charge is 2.61. The number of aromatic nitrogens is 1. The molecule has 0 unspecified atom stereocenters. The molecule has 1 heterocycles. The first-order valence-corrected chi connectivity index (χ1v) is 10.7. The fourth-order valence-electron chi connectivity index (χ4n) is 5.35. The first-order valence-electron chi connectivity index (χ1n) is 10.7. The number of benzene rings is 2. The Kier molecular flexibility index (Phi) is 4.44. The van der Waals surface area contributed by atoms with Crippen molar-refractivity contribution in [3.8, 4) is 22.6 Å². The van der Waals surface area contributed by atoms with Crippen LogP contribution in [0.5, 0.6) is 0 Å². The van der Waals surface area contributed by atoms with Crippen molar-refractivity contribution >= 4 is 5.71 Å². The van der Waals surface area contributed by atoms with Crippen LogP contribution in [-0.2, 0) is 6.54 Å². The maximum absolute atomic E-state index is 11.2. The summed E-state index contributed by atoms with van der Waals surface area (Å²) >= 11 is 0. The number of hydrogen-bond donors (Lipinski definition) is 1. The fraction of sp³-hybridized carbons (Fsp3) is 0.385. The van der Waals surface area contributed by atoms with E-state index in [2.05, 4.69) is 13.8 Å². The molecule has 0 saturated heterocycles. The van der Waals surface area contributed by atoms with E-state index in [1.54, 1.807) is 0 Å². The maximum Gasteiger partial charge on any atom is 0.217 e. The van der Waals surface area contributed by atoms with E-state index in [-0.39, 0.29) is 11.3 Å². The van der Waals surface area contributed by atoms with Crippen LogP contribution in [0.3, 0.4) is 0 Å². The Labute approximate surface area is 177 Å². The van der Waals surface area contributed by atoms with Crippen LogP contribution >= 0.6 is 0 Å². The average Bonchev–Trinajstić information content (AvgIpc) is 3.17. The summed E-state index contributed by atoms with van der Waals surface area (Å²) in [5, 5.41) is 11.2. The summed E-state index contributed by atoms with van der Waals surface area (Å²) in [5.74, 6) is 2.21. The minimum atomic E-state index is -0.852. The highest BCUT2D eigenvalue weighted by Crippen LogP contribution is 2.61. The van der Waals surface area contributed by atoms with Gasteiger partial charge in [-0.2, -0.15) is 0 Å². The first kappa shape index (κ1) is 19.3. The summed E-state index contributed by atoms with van der Waals surface area (Å²) in [6.45, 7) is 6.80. The van der Waals surface area contributed by atoms with Crippen molar-refractivity contribution in [2.24, 2.45) is 22.2 Å². The quantitative estimate of drug-likeness (QED) is 0.605. The molecule has 3 atom stereocenters. The van der Waals surface area contributed by atoms with Crippen LogP contribution in [0.4, 0.5) is 0 Å². The molecule has 4 heteroatoms. The van der Waals surface area contributed by atoms with Crippen LogP contribution in [0.2, 0.25) is 0 Å². The number of rotatable bonds is 4. The number of oxazole rings is 1. The summed E-state index contributed by atoms with van der Waals surface area (Å²) in [6, 6.07) is 20.2. The van der Waals surface area contributed by atoms with Gasteiger partial charge in [0.2, 0.25) is 5.89 Å². The lowest BCUT2D eigenvalue weighted by Crippen LogP contribution is -2.64. The Hall–Kier alpha value is -2.72. The minimum absolute atomic E-state index is 0.187. The third kappa shape index (κ3) is 3.02. The molecule has 3 aromatic rings. The molecule has 0 radical (unpaired) electrons. The molecule has 6 rings (SSSR count). The minimum Gasteiger partial charge on any atom is -0.438 e. The van der Waals surface area contributed by atoms with E-state index < -0.39 is 5.60 Å². The SMILES string of the molecule is CC1(C)[C@@H]2CC(=NCc3nc(-c4ccccc4)c(-c4ccccc4)o3)[C@@](C)(O)[C@H]1C2. The van der Waals surface area contributed by atoms with Gasteiger partial charge in [0.1, 0.15) is 17.8 Å². The maximum atomic E-state index is 11.2. The highest BCUT2D eigenvalue weighted by molar-refractivity contribution is 5.94. The zero-order valence-corrected chi connectivity index (χ0v) is 17.8. The van der Waals surface area contributed by atoms with E-state index in [4.69, 9.17) is 14.4 Å². The molecule has 4 nitrogen and oxygen atoms in total. The van der Waals surface area contributed by atoms with Gasteiger partial charge < -0.3 is 9.52 Å². The Morgan fingerprint density at radius 2 is 1.63 bits per heavy atom. The van der Waals surface area contributed by atoms with Gasteiger partial charge in [-0.25, -0.2) is 4.98 Å². The molecule has 3 fully saturated rings. The van der Waals surface area contributed by atoms with E-state index in [1.165, 1.54) is 0 Å². The summed E-state index contributed by atoms with van der Waals surface area (Å²) < 4.78 is 6.19. The second-order valence-electron chi connectivity index (χ2n) is 9.44. The fourth-order valence-corrected chi connectivity index (χ4v) is 5.35. The van der Waals surface area contributed by atoms with E-state index in [0.717, 1.165) is 41.1 Å². The second-order valence-corrected chi connectivity index (χ2v) is 9.44. The Morgan fingerprint density at radius 3 is 2.23 bits per heavy atom. The number of aliphatic imine (C=N–C) groups is 1. The zero-order chi connectivity index (χ0) is 20.9. The van der Waals surface area contributed by atoms with Gasteiger partial charge in [-0.3, -0.25) is 4.99 Å². The predicted molar refractivity (Wildman–Crippen MR) is 119 cm³/mol. The predicted octanol–water partition coefficient (Wildman–Crippen LogP) is 5.77. The van der Waals surface area contributed by atoms with Crippen molar-refractivity contribution in [3.63, 3.8) is 0 Å². The van der Waals surface area contributed by atoms with Gasteiger partial charge in [0.05, 0.1) is 0 Å². The smallest absolute Gasteiger partial charge is 0.217 e. The van der Waals surface area contributed by atoms with E-state index in [1.807, 2.05) is 67.6 Å². The van der Waals surface area contributed by atoms with Crippen LogP contribution in [0.1, 0.15) is 39.5 Å². The molecule has 30 heavy (non-hydrogen) atoms. The molecule has 3 saturated carbocycles. The molecule has 2 bridgehead atoms. The van der Waals surface area contributed by atoms with Gasteiger partial charge in [0.25, 0.3) is 0 Å². The van der Waals surface area contributed by atoms with Crippen LogP contribution in [-0.4, -0.2) is 21.4 Å². The summed E-state index contributed by atoms with van der Waals surface area (Å²) in [4.78, 5) is 9.60. The van der Waals surface area contributed by atoms with Crippen molar-refractivity contribution in [3.05, 3.63) is 66.6 Å². The van der Waals surface area contributed by atoms with Gasteiger partial charge in [-0.05, 0) is 37.0 Å². The lowest BCUT2D eigenvalue weighted by molar-refractivity contribution is -0.134. The number of aliphatic hydroxyl groups is 1. The third-order valence-corrected chi connectivity index (χ3v) is 7.33. The monoisotopic (exact) mass is 400 g/mol. The van der Waals surface area contributed by atoms with Crippen LogP contribution < -0.4 is 0 Å². The van der Waals surface area contributed by atoms with Gasteiger partial charge in [-0.15, -0.1) is 0 Å². The molecular weight excluding hydrogens is 372 g/mol. The molecule has 2 aromatic carbocycles. The van der Waals surface area contributed by atoms with Crippen molar-refractivity contribution < 1.29 is 9.52 Å². The molecule has 3 aliphatic rings. The summed E-state index contributed by atoms with van der Waals surface area (Å²) in [7, 11) is 0. The normalized spacial score (nSPS) is 28.3. The summed E-state index contributed by atoms with van der Waals surface area (Å²) in [6.07, 6.45) is 1.95. The van der Waals surface area contributed by atoms with E-state index in [9.17, 15) is 5.11 Å². The third-order valence-electron chi connectivity index (χ3n) is 7.33. The van der Waals surface area contributed by atoms with Crippen LogP contribution in [0.25, 0.3) is 22.6 Å². The lowest BCUT2D eigenvalue weighted by Gasteiger charge is -2.62. The zero-order valence-electron chi connectivity index (χ0n) is 17.8. The largest absolute Gasteiger partial charge is 0.438 e. The molecule has 1 aromatic heterocycles. The molecular formula is C26H28N2O2. The van der Waals surface area contributed by atoms with Crippen LogP contribution in [0, 0.1) is 17.3 Å². The van der Waals surface area contributed by atoms with Gasteiger partial charge >= 0.3 is 0 Å². The Morgan fingerprint density at radius 1 is 1.00 bits per heavy atom. The molecule has 1 N–H and O–H groups in total. The lowest BCUT2D eigenvalue weighted by atomic mass is 9.44. The highest BCUT2D eigenvalue weighted by atomic mass is 16.4. The number of fused-ring (bicyclic) bond motifs is 2. The van der Waals surface area contributed by atoms with Gasteiger partial charge in [0, 0.05) is 16.8 Å². The Bertz CT molecular complexity index is 1020. The molecule has 3 aliphatic carbocycles. The van der Waals surface area contributed by atoms with Crippen molar-refractivity contribution in [2.75, 3.05) is 0 Å². The van der Waals surface area contributed by atoms with Crippen LogP contribution in [0.15, 0.2) is 70.1 Å². The molecule has 0 aliphatic heterocycles. The van der Waals surface area contributed by atoms with Crippen molar-refractivity contribution in [2.45, 2.75) is 45.8 Å². The molecule has 0 amide bonds. The second kappa shape index (κ2) is 6.92.